The van der Waals surface area contributed by atoms with E-state index in [1.54, 1.807) is 30.1 Å². The fraction of sp³-hybridized carbons (Fsp3) is 0.400. The van der Waals surface area contributed by atoms with Crippen LogP contribution in [0.25, 0.3) is 0 Å². The Labute approximate surface area is 139 Å². The summed E-state index contributed by atoms with van der Waals surface area (Å²) in [7, 11) is -1.23. The van der Waals surface area contributed by atoms with E-state index in [9.17, 15) is 12.8 Å². The molecule has 0 amide bonds. The minimum atomic E-state index is -2.98. The van der Waals surface area contributed by atoms with Gasteiger partial charge in [0.05, 0.1) is 17.7 Å². The van der Waals surface area contributed by atoms with Crippen LogP contribution >= 0.6 is 0 Å². The van der Waals surface area contributed by atoms with Gasteiger partial charge >= 0.3 is 0 Å². The van der Waals surface area contributed by atoms with Crippen molar-refractivity contribution in [2.75, 3.05) is 28.8 Å². The molecular weight excluding hydrogens is 333 g/mol. The molecule has 7 nitrogen and oxygen atoms in total. The van der Waals surface area contributed by atoms with Crippen molar-refractivity contribution in [3.8, 4) is 0 Å². The monoisotopic (exact) mass is 351 g/mol. The number of benzene rings is 1. The van der Waals surface area contributed by atoms with Crippen LogP contribution in [0, 0.1) is 5.82 Å². The largest absolute Gasteiger partial charge is 0.364 e. The Morgan fingerprint density at radius 3 is 2.88 bits per heavy atom. The lowest BCUT2D eigenvalue weighted by Gasteiger charge is -2.22. The number of hydrogen-bond acceptors (Lipinski definition) is 7. The molecule has 2 aromatic rings. The molecule has 1 N–H and O–H groups in total. The van der Waals surface area contributed by atoms with E-state index < -0.39 is 9.84 Å². The molecule has 0 radical (unpaired) electrons. The standard InChI is InChI=1S/C15H18FN5O2S/c1-21(12-6-7-24(22,23)10-12)15-19-14(9-18-20-15)17-8-11-4-2-3-5-13(11)16/h2-5,9,12H,6-8,10H2,1H3,(H,17,19,20). The van der Waals surface area contributed by atoms with Crippen LogP contribution in [0.15, 0.2) is 30.5 Å². The van der Waals surface area contributed by atoms with E-state index >= 15 is 0 Å². The van der Waals surface area contributed by atoms with Crippen molar-refractivity contribution in [3.63, 3.8) is 0 Å². The number of anilines is 2. The molecule has 1 fully saturated rings. The number of nitrogens with one attached hydrogen (secondary N) is 1. The molecule has 1 atom stereocenters. The summed E-state index contributed by atoms with van der Waals surface area (Å²) in [4.78, 5) is 6.06. The Kier molecular flexibility index (Phi) is 4.61. The quantitative estimate of drug-likeness (QED) is 0.867. The SMILES string of the molecule is CN(c1nncc(NCc2ccccc2F)n1)C1CCS(=O)(=O)C1. The van der Waals surface area contributed by atoms with Crippen LogP contribution in [0.5, 0.6) is 0 Å². The van der Waals surface area contributed by atoms with E-state index in [1.165, 1.54) is 12.3 Å². The Balaban J connectivity index is 1.69. The van der Waals surface area contributed by atoms with Gasteiger partial charge in [-0.25, -0.2) is 12.8 Å². The molecule has 9 heteroatoms. The van der Waals surface area contributed by atoms with Crippen LogP contribution < -0.4 is 10.2 Å². The first-order chi connectivity index (χ1) is 11.4. The normalized spacial score (nSPS) is 19.2. The topological polar surface area (TPSA) is 88.1 Å². The minimum Gasteiger partial charge on any atom is -0.364 e. The van der Waals surface area contributed by atoms with Crippen molar-refractivity contribution in [2.45, 2.75) is 19.0 Å². The van der Waals surface area contributed by atoms with E-state index in [4.69, 9.17) is 0 Å². The molecule has 1 aromatic carbocycles. The summed E-state index contributed by atoms with van der Waals surface area (Å²) in [6.45, 7) is 0.270. The lowest BCUT2D eigenvalue weighted by Crippen LogP contribution is -2.34. The average Bonchev–Trinajstić information content (AvgIpc) is 2.94. The van der Waals surface area contributed by atoms with Gasteiger partial charge in [-0.1, -0.05) is 18.2 Å². The summed E-state index contributed by atoms with van der Waals surface area (Å²) in [5.74, 6) is 0.785. The van der Waals surface area contributed by atoms with Crippen molar-refractivity contribution in [2.24, 2.45) is 0 Å². The Bertz CT molecular complexity index is 830. The summed E-state index contributed by atoms with van der Waals surface area (Å²) in [6, 6.07) is 6.33. The van der Waals surface area contributed by atoms with Gasteiger partial charge in [-0.2, -0.15) is 10.1 Å². The molecule has 0 saturated carbocycles. The summed E-state index contributed by atoms with van der Waals surface area (Å²) in [5, 5.41) is 10.9. The van der Waals surface area contributed by atoms with Gasteiger partial charge in [-0.05, 0) is 12.5 Å². The lowest BCUT2D eigenvalue weighted by atomic mass is 10.2. The molecule has 1 saturated heterocycles. The van der Waals surface area contributed by atoms with Crippen molar-refractivity contribution in [3.05, 3.63) is 41.8 Å². The molecule has 2 heterocycles. The van der Waals surface area contributed by atoms with Crippen LogP contribution in [-0.4, -0.2) is 48.2 Å². The van der Waals surface area contributed by atoms with Crippen LogP contribution in [0.3, 0.4) is 0 Å². The molecule has 128 valence electrons. The summed E-state index contributed by atoms with van der Waals surface area (Å²) in [6.07, 6.45) is 2.00. The summed E-state index contributed by atoms with van der Waals surface area (Å²) in [5.41, 5.74) is 0.521. The maximum atomic E-state index is 13.6. The van der Waals surface area contributed by atoms with Gasteiger partial charge in [-0.3, -0.25) is 0 Å². The molecule has 0 bridgehead atoms. The number of nitrogens with zero attached hydrogens (tertiary/aromatic N) is 4. The molecule has 1 unspecified atom stereocenters. The Morgan fingerprint density at radius 2 is 2.17 bits per heavy atom. The van der Waals surface area contributed by atoms with E-state index in [0.717, 1.165) is 0 Å². The van der Waals surface area contributed by atoms with Gasteiger partial charge in [0, 0.05) is 25.2 Å². The molecule has 1 aliphatic heterocycles. The van der Waals surface area contributed by atoms with Crippen molar-refractivity contribution < 1.29 is 12.8 Å². The van der Waals surface area contributed by atoms with Crippen LogP contribution in [-0.2, 0) is 16.4 Å². The van der Waals surface area contributed by atoms with Crippen molar-refractivity contribution >= 4 is 21.6 Å². The molecule has 1 aromatic heterocycles. The van der Waals surface area contributed by atoms with E-state index in [1.807, 2.05) is 0 Å². The van der Waals surface area contributed by atoms with Gasteiger partial charge in [0.1, 0.15) is 5.82 Å². The third-order valence-electron chi connectivity index (χ3n) is 4.04. The van der Waals surface area contributed by atoms with E-state index in [2.05, 4.69) is 20.5 Å². The van der Waals surface area contributed by atoms with Crippen molar-refractivity contribution in [1.82, 2.24) is 15.2 Å². The summed E-state index contributed by atoms with van der Waals surface area (Å²) < 4.78 is 36.8. The fourth-order valence-corrected chi connectivity index (χ4v) is 4.37. The highest BCUT2D eigenvalue weighted by Crippen LogP contribution is 2.20. The third kappa shape index (κ3) is 3.78. The highest BCUT2D eigenvalue weighted by Gasteiger charge is 2.31. The number of rotatable bonds is 5. The maximum absolute atomic E-state index is 13.6. The lowest BCUT2D eigenvalue weighted by molar-refractivity contribution is 0.600. The second-order valence-electron chi connectivity index (χ2n) is 5.75. The maximum Gasteiger partial charge on any atom is 0.247 e. The van der Waals surface area contributed by atoms with Crippen molar-refractivity contribution in [1.29, 1.82) is 0 Å². The van der Waals surface area contributed by atoms with E-state index in [0.29, 0.717) is 23.8 Å². The second kappa shape index (κ2) is 6.68. The number of halogens is 1. The van der Waals surface area contributed by atoms with Gasteiger partial charge in [0.15, 0.2) is 15.7 Å². The predicted octanol–water partition coefficient (Wildman–Crippen LogP) is 1.25. The van der Waals surface area contributed by atoms with E-state index in [-0.39, 0.29) is 29.9 Å². The first-order valence-corrected chi connectivity index (χ1v) is 9.37. The van der Waals surface area contributed by atoms with Gasteiger partial charge in [-0.15, -0.1) is 5.10 Å². The van der Waals surface area contributed by atoms with Gasteiger partial charge in [0.25, 0.3) is 0 Å². The molecule has 0 aliphatic carbocycles. The highest BCUT2D eigenvalue weighted by molar-refractivity contribution is 7.91. The molecule has 24 heavy (non-hydrogen) atoms. The number of sulfone groups is 1. The number of hydrogen-bond donors (Lipinski definition) is 1. The van der Waals surface area contributed by atoms with Crippen LogP contribution in [0.4, 0.5) is 16.2 Å². The minimum absolute atomic E-state index is 0.0970. The number of aromatic nitrogens is 3. The Hall–Kier alpha value is -2.29. The smallest absolute Gasteiger partial charge is 0.247 e. The van der Waals surface area contributed by atoms with Crippen LogP contribution in [0.1, 0.15) is 12.0 Å². The zero-order chi connectivity index (χ0) is 17.2. The first kappa shape index (κ1) is 16.6. The highest BCUT2D eigenvalue weighted by atomic mass is 32.2. The molecule has 0 spiro atoms. The predicted molar refractivity (Wildman–Crippen MR) is 89.0 cm³/mol. The second-order valence-corrected chi connectivity index (χ2v) is 7.98. The first-order valence-electron chi connectivity index (χ1n) is 7.55. The molecular formula is C15H18FN5O2S. The van der Waals surface area contributed by atoms with Gasteiger partial charge < -0.3 is 10.2 Å². The Morgan fingerprint density at radius 1 is 1.38 bits per heavy atom. The molecule has 3 rings (SSSR count). The zero-order valence-electron chi connectivity index (χ0n) is 13.2. The summed E-state index contributed by atoms with van der Waals surface area (Å²) >= 11 is 0. The fourth-order valence-electron chi connectivity index (χ4n) is 2.60. The third-order valence-corrected chi connectivity index (χ3v) is 5.79. The molecule has 1 aliphatic rings. The van der Waals surface area contributed by atoms with Crippen LogP contribution in [0.2, 0.25) is 0 Å². The average molecular weight is 351 g/mol. The van der Waals surface area contributed by atoms with Gasteiger partial charge in [0.2, 0.25) is 5.95 Å². The zero-order valence-corrected chi connectivity index (χ0v) is 14.0.